The van der Waals surface area contributed by atoms with E-state index in [1.165, 1.54) is 7.11 Å². The van der Waals surface area contributed by atoms with Crippen molar-refractivity contribution in [2.24, 2.45) is 5.92 Å². The Morgan fingerprint density at radius 2 is 2.03 bits per heavy atom. The number of benzene rings is 1. The average Bonchev–Trinajstić information content (AvgIpc) is 3.20. The molecule has 9 heteroatoms. The summed E-state index contributed by atoms with van der Waals surface area (Å²) < 4.78 is 10.3. The van der Waals surface area contributed by atoms with Crippen LogP contribution in [0.15, 0.2) is 42.6 Å². The van der Waals surface area contributed by atoms with E-state index < -0.39 is 11.9 Å². The number of esters is 1. The molecule has 1 aromatic heterocycles. The summed E-state index contributed by atoms with van der Waals surface area (Å²) in [6.45, 7) is 3.37. The number of nitrogens with one attached hydrogen (secondary N) is 1. The van der Waals surface area contributed by atoms with Crippen molar-refractivity contribution in [3.8, 4) is 0 Å². The third-order valence-electron chi connectivity index (χ3n) is 5.71. The molecule has 1 aromatic carbocycles. The first-order valence-corrected chi connectivity index (χ1v) is 10.6. The summed E-state index contributed by atoms with van der Waals surface area (Å²) in [6.07, 6.45) is 1.80. The zero-order valence-electron chi connectivity index (χ0n) is 18.0. The number of likely N-dealkylation sites (tertiary alicyclic amines) is 1. The van der Waals surface area contributed by atoms with Crippen LogP contribution in [0.25, 0.3) is 0 Å². The molecular weight excluding hydrogens is 412 g/mol. The number of carbonyl (C=O) groups is 3. The molecule has 2 amide bonds. The van der Waals surface area contributed by atoms with Crippen LogP contribution in [0.5, 0.6) is 0 Å². The molecule has 1 unspecified atom stereocenters. The van der Waals surface area contributed by atoms with E-state index in [2.05, 4.69) is 15.2 Å². The van der Waals surface area contributed by atoms with E-state index in [0.29, 0.717) is 32.0 Å². The van der Waals surface area contributed by atoms with Crippen LogP contribution in [0.2, 0.25) is 0 Å². The van der Waals surface area contributed by atoms with Crippen molar-refractivity contribution in [3.63, 3.8) is 0 Å². The lowest BCUT2D eigenvalue weighted by Crippen LogP contribution is -2.36. The summed E-state index contributed by atoms with van der Waals surface area (Å²) in [5, 5.41) is 2.83. The van der Waals surface area contributed by atoms with E-state index in [-0.39, 0.29) is 23.8 Å². The van der Waals surface area contributed by atoms with Gasteiger partial charge in [-0.05, 0) is 30.3 Å². The van der Waals surface area contributed by atoms with Gasteiger partial charge in [-0.25, -0.2) is 4.79 Å². The predicted octanol–water partition coefficient (Wildman–Crippen LogP) is 1.69. The van der Waals surface area contributed by atoms with Crippen LogP contribution in [-0.2, 0) is 25.6 Å². The van der Waals surface area contributed by atoms with Gasteiger partial charge in [0.05, 0.1) is 49.7 Å². The highest BCUT2D eigenvalue weighted by molar-refractivity contribution is 6.04. The monoisotopic (exact) mass is 438 g/mol. The largest absolute Gasteiger partial charge is 0.465 e. The maximum atomic E-state index is 12.9. The molecule has 0 radical (unpaired) electrons. The van der Waals surface area contributed by atoms with Crippen LogP contribution in [0.1, 0.15) is 22.5 Å². The van der Waals surface area contributed by atoms with E-state index in [1.807, 2.05) is 24.3 Å². The van der Waals surface area contributed by atoms with E-state index in [9.17, 15) is 14.4 Å². The van der Waals surface area contributed by atoms with Crippen molar-refractivity contribution in [1.82, 2.24) is 9.88 Å². The fraction of sp³-hybridized carbons (Fsp3) is 0.391. The molecule has 3 heterocycles. The van der Waals surface area contributed by atoms with Crippen LogP contribution in [0.3, 0.4) is 0 Å². The number of hydrogen-bond donors (Lipinski definition) is 1. The Morgan fingerprint density at radius 3 is 2.75 bits per heavy atom. The maximum Gasteiger partial charge on any atom is 0.340 e. The summed E-state index contributed by atoms with van der Waals surface area (Å²) in [5.41, 5.74) is 2.28. The number of carbonyl (C=O) groups excluding carboxylic acids is 3. The highest BCUT2D eigenvalue weighted by Gasteiger charge is 2.35. The molecule has 2 fully saturated rings. The highest BCUT2D eigenvalue weighted by atomic mass is 16.5. The fourth-order valence-corrected chi connectivity index (χ4v) is 3.96. The average molecular weight is 438 g/mol. The summed E-state index contributed by atoms with van der Waals surface area (Å²) in [5.74, 6) is -1.43. The van der Waals surface area contributed by atoms with Crippen molar-refractivity contribution in [3.05, 3.63) is 53.9 Å². The Morgan fingerprint density at radius 1 is 1.22 bits per heavy atom. The molecule has 1 N–H and O–H groups in total. The zero-order chi connectivity index (χ0) is 22.5. The van der Waals surface area contributed by atoms with Crippen LogP contribution >= 0.6 is 0 Å². The number of amides is 2. The molecule has 0 saturated carbocycles. The first kappa shape index (κ1) is 21.8. The van der Waals surface area contributed by atoms with Crippen molar-refractivity contribution in [2.45, 2.75) is 13.0 Å². The maximum absolute atomic E-state index is 12.9. The molecule has 32 heavy (non-hydrogen) atoms. The SMILES string of the molecule is COC(=O)c1cc(N2CCOCC2)ccc1NC(=O)C1CC(=O)N(Cc2ccccn2)C1. The molecule has 1 atom stereocenters. The second-order valence-corrected chi connectivity index (χ2v) is 7.81. The van der Waals surface area contributed by atoms with Crippen molar-refractivity contribution in [2.75, 3.05) is 50.2 Å². The molecule has 2 saturated heterocycles. The van der Waals surface area contributed by atoms with Gasteiger partial charge in [0.15, 0.2) is 0 Å². The molecule has 4 rings (SSSR count). The Balaban J connectivity index is 1.46. The van der Waals surface area contributed by atoms with Gasteiger partial charge in [-0.3, -0.25) is 14.6 Å². The molecule has 2 aliphatic heterocycles. The Bertz CT molecular complexity index is 991. The summed E-state index contributed by atoms with van der Waals surface area (Å²) in [4.78, 5) is 45.7. The smallest absolute Gasteiger partial charge is 0.340 e. The van der Waals surface area contributed by atoms with Crippen LogP contribution < -0.4 is 10.2 Å². The summed E-state index contributed by atoms with van der Waals surface area (Å²) in [6, 6.07) is 10.8. The number of aromatic nitrogens is 1. The number of nitrogens with zero attached hydrogens (tertiary/aromatic N) is 3. The topological polar surface area (TPSA) is 101 Å². The minimum absolute atomic E-state index is 0.0911. The van der Waals surface area contributed by atoms with Gasteiger partial charge in [-0.15, -0.1) is 0 Å². The van der Waals surface area contributed by atoms with Crippen molar-refractivity contribution in [1.29, 1.82) is 0 Å². The van der Waals surface area contributed by atoms with Crippen molar-refractivity contribution < 1.29 is 23.9 Å². The summed E-state index contributed by atoms with van der Waals surface area (Å²) in [7, 11) is 1.31. The van der Waals surface area contributed by atoms with Crippen molar-refractivity contribution >= 4 is 29.2 Å². The number of ether oxygens (including phenoxy) is 2. The van der Waals surface area contributed by atoms with E-state index in [0.717, 1.165) is 24.5 Å². The number of hydrogen-bond acceptors (Lipinski definition) is 7. The molecule has 0 bridgehead atoms. The lowest BCUT2D eigenvalue weighted by molar-refractivity contribution is -0.128. The standard InChI is InChI=1S/C23H26N4O5/c1-31-23(30)19-13-18(26-8-10-32-11-9-26)5-6-20(19)25-22(29)16-12-21(28)27(14-16)15-17-4-2-3-7-24-17/h2-7,13,16H,8-12,14-15H2,1H3,(H,25,29). The van der Waals surface area contributed by atoms with Gasteiger partial charge in [-0.1, -0.05) is 6.07 Å². The minimum atomic E-state index is -0.533. The van der Waals surface area contributed by atoms with Gasteiger partial charge < -0.3 is 24.6 Å². The van der Waals surface area contributed by atoms with E-state index in [1.54, 1.807) is 23.2 Å². The molecule has 168 valence electrons. The molecule has 0 spiro atoms. The Kier molecular flexibility index (Phi) is 6.65. The normalized spacial score (nSPS) is 18.5. The van der Waals surface area contributed by atoms with E-state index in [4.69, 9.17) is 9.47 Å². The number of rotatable bonds is 6. The second kappa shape index (κ2) is 9.78. The lowest BCUT2D eigenvalue weighted by Gasteiger charge is -2.29. The zero-order valence-corrected chi connectivity index (χ0v) is 18.0. The first-order valence-electron chi connectivity index (χ1n) is 10.6. The van der Waals surface area contributed by atoms with Gasteiger partial charge in [0.1, 0.15) is 0 Å². The highest BCUT2D eigenvalue weighted by Crippen LogP contribution is 2.27. The second-order valence-electron chi connectivity index (χ2n) is 7.81. The van der Waals surface area contributed by atoms with Crippen LogP contribution in [0.4, 0.5) is 11.4 Å². The third kappa shape index (κ3) is 4.88. The number of pyridine rings is 1. The lowest BCUT2D eigenvalue weighted by atomic mass is 10.1. The predicted molar refractivity (Wildman–Crippen MR) is 117 cm³/mol. The fourth-order valence-electron chi connectivity index (χ4n) is 3.96. The molecule has 9 nitrogen and oxygen atoms in total. The van der Waals surface area contributed by atoms with Gasteiger partial charge in [0, 0.05) is 37.9 Å². The Hall–Kier alpha value is -3.46. The molecule has 0 aliphatic carbocycles. The summed E-state index contributed by atoms with van der Waals surface area (Å²) >= 11 is 0. The van der Waals surface area contributed by atoms with Gasteiger partial charge in [0.2, 0.25) is 11.8 Å². The molecule has 2 aromatic rings. The van der Waals surface area contributed by atoms with Gasteiger partial charge in [-0.2, -0.15) is 0 Å². The molecule has 2 aliphatic rings. The number of morpholine rings is 1. The van der Waals surface area contributed by atoms with Gasteiger partial charge >= 0.3 is 5.97 Å². The van der Waals surface area contributed by atoms with Gasteiger partial charge in [0.25, 0.3) is 0 Å². The quantitative estimate of drug-likeness (QED) is 0.685. The number of methoxy groups -OCH3 is 1. The Labute approximate surface area is 186 Å². The first-order chi connectivity index (χ1) is 15.5. The van der Waals surface area contributed by atoms with Crippen LogP contribution in [0, 0.1) is 5.92 Å². The molecular formula is C23H26N4O5. The number of anilines is 2. The van der Waals surface area contributed by atoms with Crippen LogP contribution in [-0.4, -0.2) is 67.6 Å². The minimum Gasteiger partial charge on any atom is -0.465 e. The van der Waals surface area contributed by atoms with E-state index >= 15 is 0 Å². The third-order valence-corrected chi connectivity index (χ3v) is 5.71.